The minimum absolute atomic E-state index is 0.123. The average molecular weight is 439 g/mol. The van der Waals surface area contributed by atoms with E-state index in [1.165, 1.54) is 5.69 Å². The maximum absolute atomic E-state index is 12.3. The molecule has 162 valence electrons. The molecule has 2 aromatic heterocycles. The van der Waals surface area contributed by atoms with Crippen LogP contribution in [-0.2, 0) is 16.1 Å². The standard InChI is InChI=1S/C23H26N4O3S/c28-22(24-16-19-8-5-15-31-19)23(29)25-17-20(21-9-4-14-30-21)27-12-10-26(11-13-27)18-6-2-1-3-7-18/h1-9,14-15,20H,10-13,16-17H2,(H,24,28)(H,25,29)/t20-/m0/s1. The fourth-order valence-corrected chi connectivity index (χ4v) is 4.40. The van der Waals surface area contributed by atoms with Crippen molar-refractivity contribution < 1.29 is 14.0 Å². The molecule has 7 nitrogen and oxygen atoms in total. The van der Waals surface area contributed by atoms with Crippen LogP contribution in [-0.4, -0.2) is 49.4 Å². The van der Waals surface area contributed by atoms with E-state index in [9.17, 15) is 9.59 Å². The third kappa shape index (κ3) is 5.53. The van der Waals surface area contributed by atoms with Crippen molar-refractivity contribution in [1.29, 1.82) is 0 Å². The Morgan fingerprint density at radius 3 is 2.39 bits per heavy atom. The highest BCUT2D eigenvalue weighted by Gasteiger charge is 2.28. The Balaban J connectivity index is 1.32. The van der Waals surface area contributed by atoms with Gasteiger partial charge < -0.3 is 20.0 Å². The van der Waals surface area contributed by atoms with Crippen molar-refractivity contribution in [3.05, 3.63) is 76.9 Å². The van der Waals surface area contributed by atoms with E-state index in [2.05, 4.69) is 32.6 Å². The minimum Gasteiger partial charge on any atom is -0.468 e. The molecule has 1 aromatic carbocycles. The lowest BCUT2D eigenvalue weighted by molar-refractivity contribution is -0.139. The normalized spacial score (nSPS) is 15.4. The van der Waals surface area contributed by atoms with E-state index < -0.39 is 11.8 Å². The van der Waals surface area contributed by atoms with Crippen LogP contribution in [0.3, 0.4) is 0 Å². The van der Waals surface area contributed by atoms with Crippen LogP contribution in [0.1, 0.15) is 16.7 Å². The van der Waals surface area contributed by atoms with Gasteiger partial charge in [0.2, 0.25) is 0 Å². The molecule has 4 rings (SSSR count). The van der Waals surface area contributed by atoms with E-state index in [4.69, 9.17) is 4.42 Å². The highest BCUT2D eigenvalue weighted by Crippen LogP contribution is 2.24. The number of carbonyl (C=O) groups is 2. The van der Waals surface area contributed by atoms with E-state index in [1.54, 1.807) is 17.6 Å². The Morgan fingerprint density at radius 1 is 0.935 bits per heavy atom. The summed E-state index contributed by atoms with van der Waals surface area (Å²) < 4.78 is 5.64. The summed E-state index contributed by atoms with van der Waals surface area (Å²) in [6.07, 6.45) is 1.64. The van der Waals surface area contributed by atoms with Gasteiger partial charge >= 0.3 is 11.8 Å². The zero-order chi connectivity index (χ0) is 21.5. The number of anilines is 1. The van der Waals surface area contributed by atoms with E-state index in [-0.39, 0.29) is 6.04 Å². The van der Waals surface area contributed by atoms with Crippen LogP contribution in [0.4, 0.5) is 5.69 Å². The number of hydrogen-bond acceptors (Lipinski definition) is 6. The molecule has 0 bridgehead atoms. The highest BCUT2D eigenvalue weighted by molar-refractivity contribution is 7.09. The first-order chi connectivity index (χ1) is 15.2. The zero-order valence-corrected chi connectivity index (χ0v) is 18.0. The molecule has 0 aliphatic carbocycles. The first-order valence-corrected chi connectivity index (χ1v) is 11.2. The first kappa shape index (κ1) is 21.1. The Kier molecular flexibility index (Phi) is 7.01. The van der Waals surface area contributed by atoms with Gasteiger partial charge in [0.25, 0.3) is 0 Å². The fraction of sp³-hybridized carbons (Fsp3) is 0.304. The number of piperazine rings is 1. The van der Waals surface area contributed by atoms with Gasteiger partial charge in [-0.3, -0.25) is 14.5 Å². The van der Waals surface area contributed by atoms with E-state index in [0.717, 1.165) is 36.8 Å². The maximum Gasteiger partial charge on any atom is 0.309 e. The molecular weight excluding hydrogens is 412 g/mol. The third-order valence-corrected chi connectivity index (χ3v) is 6.29. The molecule has 3 aromatic rings. The van der Waals surface area contributed by atoms with Gasteiger partial charge in [-0.25, -0.2) is 0 Å². The van der Waals surface area contributed by atoms with Crippen molar-refractivity contribution in [2.45, 2.75) is 12.6 Å². The number of furan rings is 1. The summed E-state index contributed by atoms with van der Waals surface area (Å²) in [5, 5.41) is 7.38. The van der Waals surface area contributed by atoms with Crippen LogP contribution in [0.15, 0.2) is 70.7 Å². The maximum atomic E-state index is 12.3. The molecular formula is C23H26N4O3S. The number of nitrogens with zero attached hydrogens (tertiary/aromatic N) is 2. The number of rotatable bonds is 7. The monoisotopic (exact) mass is 438 g/mol. The Bertz CT molecular complexity index is 952. The topological polar surface area (TPSA) is 77.8 Å². The molecule has 3 heterocycles. The summed E-state index contributed by atoms with van der Waals surface area (Å²) >= 11 is 1.54. The molecule has 31 heavy (non-hydrogen) atoms. The largest absolute Gasteiger partial charge is 0.468 e. The zero-order valence-electron chi connectivity index (χ0n) is 17.2. The Morgan fingerprint density at radius 2 is 1.71 bits per heavy atom. The molecule has 1 fully saturated rings. The summed E-state index contributed by atoms with van der Waals surface area (Å²) in [4.78, 5) is 30.1. The van der Waals surface area contributed by atoms with Gasteiger partial charge in [0, 0.05) is 43.3 Å². The number of carbonyl (C=O) groups excluding carboxylic acids is 2. The number of nitrogens with one attached hydrogen (secondary N) is 2. The number of para-hydroxylation sites is 1. The summed E-state index contributed by atoms with van der Waals surface area (Å²) in [6.45, 7) is 4.10. The van der Waals surface area contributed by atoms with Crippen molar-refractivity contribution in [1.82, 2.24) is 15.5 Å². The van der Waals surface area contributed by atoms with Crippen molar-refractivity contribution in [3.8, 4) is 0 Å². The quantitative estimate of drug-likeness (QED) is 0.555. The van der Waals surface area contributed by atoms with Gasteiger partial charge in [0.15, 0.2) is 0 Å². The Labute approximate surface area is 185 Å². The average Bonchev–Trinajstić information content (AvgIpc) is 3.53. The van der Waals surface area contributed by atoms with E-state index in [1.807, 2.05) is 47.8 Å². The van der Waals surface area contributed by atoms with Crippen LogP contribution in [0.5, 0.6) is 0 Å². The smallest absolute Gasteiger partial charge is 0.309 e. The van der Waals surface area contributed by atoms with Gasteiger partial charge in [0.05, 0.1) is 18.8 Å². The van der Waals surface area contributed by atoms with Gasteiger partial charge in [-0.2, -0.15) is 0 Å². The summed E-state index contributed by atoms with van der Waals surface area (Å²) in [5.41, 5.74) is 1.22. The summed E-state index contributed by atoms with van der Waals surface area (Å²) in [5.74, 6) is -0.469. The first-order valence-electron chi connectivity index (χ1n) is 10.4. The molecule has 1 aliphatic heterocycles. The van der Waals surface area contributed by atoms with Crippen LogP contribution in [0.2, 0.25) is 0 Å². The molecule has 8 heteroatoms. The lowest BCUT2D eigenvalue weighted by Gasteiger charge is -2.39. The van der Waals surface area contributed by atoms with Crippen LogP contribution in [0.25, 0.3) is 0 Å². The van der Waals surface area contributed by atoms with Crippen molar-refractivity contribution >= 4 is 28.8 Å². The predicted octanol–water partition coefficient (Wildman–Crippen LogP) is 2.64. The van der Waals surface area contributed by atoms with Crippen molar-refractivity contribution in [2.75, 3.05) is 37.6 Å². The number of thiophene rings is 1. The molecule has 2 amide bonds. The molecule has 0 radical (unpaired) electrons. The molecule has 2 N–H and O–H groups in total. The van der Waals surface area contributed by atoms with E-state index in [0.29, 0.717) is 13.1 Å². The van der Waals surface area contributed by atoms with Crippen LogP contribution < -0.4 is 15.5 Å². The SMILES string of the molecule is O=C(NCc1cccs1)C(=O)NC[C@@H](c1ccco1)N1CCN(c2ccccc2)CC1. The fourth-order valence-electron chi connectivity index (χ4n) is 3.75. The molecule has 0 spiro atoms. The molecule has 0 unspecified atom stereocenters. The molecule has 1 aliphatic rings. The van der Waals surface area contributed by atoms with Gasteiger partial charge in [-0.1, -0.05) is 24.3 Å². The van der Waals surface area contributed by atoms with Crippen molar-refractivity contribution in [3.63, 3.8) is 0 Å². The molecule has 0 saturated carbocycles. The predicted molar refractivity (Wildman–Crippen MR) is 121 cm³/mol. The molecule has 1 atom stereocenters. The highest BCUT2D eigenvalue weighted by atomic mass is 32.1. The Hall–Kier alpha value is -3.10. The van der Waals surface area contributed by atoms with Gasteiger partial charge in [-0.05, 0) is 35.7 Å². The summed E-state index contributed by atoms with van der Waals surface area (Å²) in [6, 6.07) is 17.8. The minimum atomic E-state index is -0.629. The second kappa shape index (κ2) is 10.3. The lowest BCUT2D eigenvalue weighted by Crippen LogP contribution is -2.50. The summed E-state index contributed by atoms with van der Waals surface area (Å²) in [7, 11) is 0. The number of amides is 2. The second-order valence-electron chi connectivity index (χ2n) is 7.36. The third-order valence-electron chi connectivity index (χ3n) is 5.41. The molecule has 1 saturated heterocycles. The van der Waals surface area contributed by atoms with E-state index >= 15 is 0 Å². The number of benzene rings is 1. The number of hydrogen-bond donors (Lipinski definition) is 2. The van der Waals surface area contributed by atoms with Gasteiger partial charge in [-0.15, -0.1) is 11.3 Å². The lowest BCUT2D eigenvalue weighted by atomic mass is 10.1. The van der Waals surface area contributed by atoms with Crippen LogP contribution >= 0.6 is 11.3 Å². The van der Waals surface area contributed by atoms with Crippen molar-refractivity contribution in [2.24, 2.45) is 0 Å². The van der Waals surface area contributed by atoms with Gasteiger partial charge in [0.1, 0.15) is 5.76 Å². The second-order valence-corrected chi connectivity index (χ2v) is 8.39. The van der Waals surface area contributed by atoms with Crippen LogP contribution in [0, 0.1) is 0 Å².